The number of hydrogen-bond acceptors (Lipinski definition) is 7. The molecule has 2 aliphatic rings. The molecule has 180 valence electrons. The number of carbonyl (C=O) groups excluding carboxylic acids is 1. The van der Waals surface area contributed by atoms with Gasteiger partial charge in [-0.15, -0.1) is 5.10 Å². The molecule has 36 heavy (non-hydrogen) atoms. The topological polar surface area (TPSA) is 90.7 Å². The second-order valence-electron chi connectivity index (χ2n) is 8.69. The molecule has 4 aromatic rings. The number of halogens is 1. The summed E-state index contributed by atoms with van der Waals surface area (Å²) in [6.45, 7) is 2.38. The maximum atomic E-state index is 13.6. The van der Waals surface area contributed by atoms with Crippen molar-refractivity contribution >= 4 is 29.2 Å². The molecule has 0 fully saturated rings. The van der Waals surface area contributed by atoms with Crippen molar-refractivity contribution in [3.63, 3.8) is 0 Å². The average molecular weight is 483 g/mol. The lowest BCUT2D eigenvalue weighted by molar-refractivity contribution is 0.0866. The molecule has 2 aromatic heterocycles. The second-order valence-corrected chi connectivity index (χ2v) is 8.69. The number of guanidine groups is 1. The summed E-state index contributed by atoms with van der Waals surface area (Å²) >= 11 is 0. The lowest BCUT2D eigenvalue weighted by Gasteiger charge is -2.32. The molecule has 1 unspecified atom stereocenters. The van der Waals surface area contributed by atoms with Crippen LogP contribution in [-0.2, 0) is 6.54 Å². The molecule has 0 radical (unpaired) electrons. The third kappa shape index (κ3) is 3.63. The number of carbonyl (C=O) groups is 1. The molecule has 1 atom stereocenters. The van der Waals surface area contributed by atoms with Gasteiger partial charge in [0.05, 0.1) is 12.2 Å². The van der Waals surface area contributed by atoms with Crippen LogP contribution in [0.25, 0.3) is 11.3 Å². The summed E-state index contributed by atoms with van der Waals surface area (Å²) in [5.74, 6) is 0.963. The van der Waals surface area contributed by atoms with E-state index in [4.69, 9.17) is 5.10 Å². The fourth-order valence-corrected chi connectivity index (χ4v) is 4.45. The van der Waals surface area contributed by atoms with Gasteiger partial charge in [0, 0.05) is 18.3 Å². The Morgan fingerprint density at radius 3 is 2.56 bits per heavy atom. The molecule has 0 bridgehead atoms. The van der Waals surface area contributed by atoms with Crippen LogP contribution in [0.3, 0.4) is 0 Å². The first kappa shape index (κ1) is 21.8. The third-order valence-corrected chi connectivity index (χ3v) is 6.27. The quantitative estimate of drug-likeness (QED) is 0.418. The van der Waals surface area contributed by atoms with E-state index in [1.54, 1.807) is 23.9 Å². The van der Waals surface area contributed by atoms with Crippen LogP contribution in [0.15, 0.2) is 77.9 Å². The minimum absolute atomic E-state index is 0.153. The fourth-order valence-electron chi connectivity index (χ4n) is 4.45. The predicted molar refractivity (Wildman–Crippen MR) is 135 cm³/mol. The van der Waals surface area contributed by atoms with Gasteiger partial charge in [-0.1, -0.05) is 48.5 Å². The number of fused-ring (bicyclic) bond motifs is 3. The highest BCUT2D eigenvalue weighted by Gasteiger charge is 2.43. The van der Waals surface area contributed by atoms with Gasteiger partial charge >= 0.3 is 0 Å². The molecule has 6 rings (SSSR count). The number of pyridine rings is 1. The number of nitrogens with one attached hydrogen (secondary N) is 2. The summed E-state index contributed by atoms with van der Waals surface area (Å²) in [5.41, 5.74) is 6.70. The van der Waals surface area contributed by atoms with E-state index in [1.165, 1.54) is 11.0 Å². The van der Waals surface area contributed by atoms with Crippen LogP contribution in [0.2, 0.25) is 0 Å². The number of aromatic nitrogens is 3. The number of anilines is 3. The molecule has 0 spiro atoms. The molecule has 1 amide bonds. The van der Waals surface area contributed by atoms with Crippen molar-refractivity contribution in [3.05, 3.63) is 89.9 Å². The molecule has 4 heterocycles. The summed E-state index contributed by atoms with van der Waals surface area (Å²) < 4.78 is 15.4. The Hall–Kier alpha value is -4.73. The Morgan fingerprint density at radius 1 is 1.03 bits per heavy atom. The van der Waals surface area contributed by atoms with Crippen LogP contribution in [0, 0.1) is 5.95 Å². The van der Waals surface area contributed by atoms with Crippen LogP contribution < -0.4 is 15.6 Å². The highest BCUT2D eigenvalue weighted by atomic mass is 19.1. The van der Waals surface area contributed by atoms with Crippen molar-refractivity contribution in [2.75, 3.05) is 17.3 Å². The van der Waals surface area contributed by atoms with E-state index in [1.807, 2.05) is 66.4 Å². The van der Waals surface area contributed by atoms with Crippen LogP contribution in [0.4, 0.5) is 21.7 Å². The zero-order chi connectivity index (χ0) is 24.8. The minimum Gasteiger partial charge on any atom is -0.340 e. The molecule has 0 aliphatic carbocycles. The smallest absolute Gasteiger partial charge is 0.267 e. The van der Waals surface area contributed by atoms with Crippen LogP contribution in [0.1, 0.15) is 22.8 Å². The van der Waals surface area contributed by atoms with Gasteiger partial charge in [-0.2, -0.15) is 9.49 Å². The van der Waals surface area contributed by atoms with Crippen molar-refractivity contribution < 1.29 is 9.18 Å². The number of amides is 1. The summed E-state index contributed by atoms with van der Waals surface area (Å²) in [6, 6.07) is 22.1. The van der Waals surface area contributed by atoms with E-state index in [-0.39, 0.29) is 12.1 Å². The van der Waals surface area contributed by atoms with Gasteiger partial charge in [0.25, 0.3) is 5.91 Å². The molecule has 2 N–H and O–H groups in total. The highest BCUT2D eigenvalue weighted by Crippen LogP contribution is 2.37. The Bertz CT molecular complexity index is 1480. The first-order valence-electron chi connectivity index (χ1n) is 11.5. The first-order valence-corrected chi connectivity index (χ1v) is 11.5. The van der Waals surface area contributed by atoms with Gasteiger partial charge in [0.1, 0.15) is 17.5 Å². The molecule has 9 nitrogen and oxygen atoms in total. The van der Waals surface area contributed by atoms with Crippen LogP contribution in [-0.4, -0.2) is 44.7 Å². The molecule has 10 heteroatoms. The number of hydrazone groups is 1. The van der Waals surface area contributed by atoms with Crippen LogP contribution >= 0.6 is 0 Å². The third-order valence-electron chi connectivity index (χ3n) is 6.27. The van der Waals surface area contributed by atoms with Gasteiger partial charge in [-0.05, 0) is 36.8 Å². The van der Waals surface area contributed by atoms with E-state index in [0.717, 1.165) is 16.8 Å². The second kappa shape index (κ2) is 8.49. The van der Waals surface area contributed by atoms with Crippen molar-refractivity contribution in [3.8, 4) is 11.3 Å². The molecule has 0 saturated heterocycles. The van der Waals surface area contributed by atoms with E-state index in [9.17, 15) is 9.18 Å². The van der Waals surface area contributed by atoms with Crippen molar-refractivity contribution in [2.45, 2.75) is 19.6 Å². The van der Waals surface area contributed by atoms with Gasteiger partial charge < -0.3 is 5.32 Å². The summed E-state index contributed by atoms with van der Waals surface area (Å²) in [4.78, 5) is 20.8. The van der Waals surface area contributed by atoms with E-state index < -0.39 is 5.95 Å². The zero-order valence-corrected chi connectivity index (χ0v) is 19.7. The van der Waals surface area contributed by atoms with Gasteiger partial charge in [0.2, 0.25) is 11.9 Å². The van der Waals surface area contributed by atoms with E-state index >= 15 is 0 Å². The summed E-state index contributed by atoms with van der Waals surface area (Å²) in [5, 5.41) is 12.6. The lowest BCUT2D eigenvalue weighted by Crippen LogP contribution is -2.51. The summed E-state index contributed by atoms with van der Waals surface area (Å²) in [7, 11) is 1.71. The minimum atomic E-state index is -0.515. The van der Waals surface area contributed by atoms with Crippen molar-refractivity contribution in [1.29, 1.82) is 0 Å². The highest BCUT2D eigenvalue weighted by molar-refractivity contribution is 6.20. The van der Waals surface area contributed by atoms with Crippen molar-refractivity contribution in [1.82, 2.24) is 25.1 Å². The van der Waals surface area contributed by atoms with E-state index in [2.05, 4.69) is 20.8 Å². The Labute approximate surface area is 206 Å². The fraction of sp³-hybridized carbons (Fsp3) is 0.154. The molecule has 2 aromatic carbocycles. The van der Waals surface area contributed by atoms with Crippen LogP contribution in [0.5, 0.6) is 0 Å². The standard InChI is InChI=1S/C26H23FN8O/c1-16-30-31-26-33(2)25(36)22-23(28-19-7-4-3-5-8-19)34(32-24(22)35(16)26)15-17-11-13-18(14-12-17)20-9-6-10-21(27)29-20/h3-14,16,28,30H,15H2,1-2H3. The Kier molecular flexibility index (Phi) is 5.14. The number of rotatable bonds is 5. The van der Waals surface area contributed by atoms with Gasteiger partial charge in [0.15, 0.2) is 5.82 Å². The predicted octanol–water partition coefficient (Wildman–Crippen LogP) is 3.99. The molecule has 2 aliphatic heterocycles. The average Bonchev–Trinajstić information content (AvgIpc) is 3.44. The molecular formula is C26H23FN8O. The monoisotopic (exact) mass is 482 g/mol. The van der Waals surface area contributed by atoms with Gasteiger partial charge in [-0.3, -0.25) is 20.0 Å². The molecular weight excluding hydrogens is 459 g/mol. The summed E-state index contributed by atoms with van der Waals surface area (Å²) in [6.07, 6.45) is -0.153. The molecule has 0 saturated carbocycles. The number of nitrogens with zero attached hydrogens (tertiary/aromatic N) is 6. The largest absolute Gasteiger partial charge is 0.340 e. The van der Waals surface area contributed by atoms with Gasteiger partial charge in [-0.25, -0.2) is 9.67 Å². The maximum absolute atomic E-state index is 13.6. The SMILES string of the molecule is CC1NN=C2N(C)C(=O)c3c(nn(Cc4ccc(-c5cccc(F)n5)cc4)c3Nc3ccccc3)N21. The lowest BCUT2D eigenvalue weighted by atomic mass is 10.1. The maximum Gasteiger partial charge on any atom is 0.267 e. The number of para-hydroxylation sites is 1. The number of hydrogen-bond donors (Lipinski definition) is 2. The first-order chi connectivity index (χ1) is 17.5. The Balaban J connectivity index is 1.40. The van der Waals surface area contributed by atoms with Crippen molar-refractivity contribution in [2.24, 2.45) is 5.10 Å². The number of benzene rings is 2. The normalized spacial score (nSPS) is 16.4. The van der Waals surface area contributed by atoms with E-state index in [0.29, 0.717) is 35.4 Å². The zero-order valence-electron chi connectivity index (χ0n) is 19.7. The Morgan fingerprint density at radius 2 is 1.81 bits per heavy atom.